The van der Waals surface area contributed by atoms with Gasteiger partial charge in [0, 0.05) is 17.5 Å². The van der Waals surface area contributed by atoms with Crippen LogP contribution < -0.4 is 5.43 Å². The first kappa shape index (κ1) is 11.0. The Bertz CT molecular complexity index is 706. The van der Waals surface area contributed by atoms with Gasteiger partial charge in [0.1, 0.15) is 12.7 Å². The lowest BCUT2D eigenvalue weighted by Gasteiger charge is -2.09. The molecule has 0 saturated carbocycles. The van der Waals surface area contributed by atoms with E-state index in [2.05, 4.69) is 26.7 Å². The van der Waals surface area contributed by atoms with Gasteiger partial charge >= 0.3 is 0 Å². The molecule has 1 aromatic carbocycles. The zero-order chi connectivity index (χ0) is 13.1. The van der Waals surface area contributed by atoms with Gasteiger partial charge in [0.2, 0.25) is 0 Å². The monoisotopic (exact) mass is 250 g/mol. The van der Waals surface area contributed by atoms with Crippen LogP contribution in [0.1, 0.15) is 5.56 Å². The van der Waals surface area contributed by atoms with Crippen LogP contribution >= 0.6 is 0 Å². The maximum atomic E-state index is 9.16. The fraction of sp³-hybridized carbons (Fsp3) is 0. The third-order valence-corrected chi connectivity index (χ3v) is 2.71. The van der Waals surface area contributed by atoms with E-state index in [9.17, 15) is 0 Å². The maximum absolute atomic E-state index is 9.16. The molecule has 0 fully saturated rings. The lowest BCUT2D eigenvalue weighted by atomic mass is 10.0. The smallest absolute Gasteiger partial charge is 0.139 e. The van der Waals surface area contributed by atoms with Crippen LogP contribution in [0.3, 0.4) is 0 Å². The van der Waals surface area contributed by atoms with Crippen molar-refractivity contribution in [3.8, 4) is 17.3 Å². The van der Waals surface area contributed by atoms with Gasteiger partial charge in [0.25, 0.3) is 0 Å². The van der Waals surface area contributed by atoms with E-state index < -0.39 is 0 Å². The molecule has 0 bridgehead atoms. The topological polar surface area (TPSA) is 82.3 Å². The van der Waals surface area contributed by atoms with Gasteiger partial charge in [-0.1, -0.05) is 0 Å². The summed E-state index contributed by atoms with van der Waals surface area (Å²) in [6.07, 6.45) is 4.95. The normalized spacial score (nSPS) is 10.1. The predicted octanol–water partition coefficient (Wildman–Crippen LogP) is 2.02. The zero-order valence-corrected chi connectivity index (χ0v) is 9.91. The molecule has 0 saturated heterocycles. The lowest BCUT2D eigenvalue weighted by molar-refractivity contribution is 0.952. The Hall–Kier alpha value is -3.07. The Balaban J connectivity index is 2.00. The molecule has 3 rings (SSSR count). The molecule has 2 N–H and O–H groups in total. The summed E-state index contributed by atoms with van der Waals surface area (Å²) in [4.78, 5) is 3.10. The van der Waals surface area contributed by atoms with Crippen LogP contribution in [0.15, 0.2) is 49.2 Å². The molecule has 0 atom stereocenters. The van der Waals surface area contributed by atoms with Crippen molar-refractivity contribution in [1.29, 1.82) is 5.26 Å². The average Bonchev–Trinajstić information content (AvgIpc) is 3.11. The number of aromatic amines is 1. The fourth-order valence-corrected chi connectivity index (χ4v) is 1.84. The Morgan fingerprint density at radius 2 is 2.05 bits per heavy atom. The number of H-pyrrole nitrogens is 1. The molecular weight excluding hydrogens is 240 g/mol. The van der Waals surface area contributed by atoms with Crippen LogP contribution in [0.25, 0.3) is 11.3 Å². The van der Waals surface area contributed by atoms with E-state index in [4.69, 9.17) is 5.26 Å². The fourth-order valence-electron chi connectivity index (χ4n) is 1.84. The number of nitrogens with zero attached hydrogens (tertiary/aromatic N) is 4. The van der Waals surface area contributed by atoms with Crippen molar-refractivity contribution in [2.45, 2.75) is 0 Å². The maximum Gasteiger partial charge on any atom is 0.139 e. The van der Waals surface area contributed by atoms with Crippen LogP contribution in [0, 0.1) is 11.3 Å². The summed E-state index contributed by atoms with van der Waals surface area (Å²) in [7, 11) is 0. The molecule has 2 heterocycles. The quantitative estimate of drug-likeness (QED) is 0.745. The van der Waals surface area contributed by atoms with Crippen LogP contribution in [0.4, 0.5) is 5.69 Å². The summed E-state index contributed by atoms with van der Waals surface area (Å²) in [6, 6.07) is 11.5. The highest BCUT2D eigenvalue weighted by Crippen LogP contribution is 2.25. The first-order valence-corrected chi connectivity index (χ1v) is 5.66. The van der Waals surface area contributed by atoms with Crippen molar-refractivity contribution in [2.75, 3.05) is 5.43 Å². The molecule has 0 radical (unpaired) electrons. The second-order valence-corrected chi connectivity index (χ2v) is 3.94. The molecule has 6 heteroatoms. The van der Waals surface area contributed by atoms with Crippen molar-refractivity contribution in [3.63, 3.8) is 0 Å². The minimum absolute atomic E-state index is 0.622. The number of nitriles is 1. The third-order valence-electron chi connectivity index (χ3n) is 2.71. The van der Waals surface area contributed by atoms with E-state index in [1.54, 1.807) is 23.4 Å². The van der Waals surface area contributed by atoms with E-state index in [0.717, 1.165) is 16.9 Å². The highest BCUT2D eigenvalue weighted by Gasteiger charge is 2.07. The summed E-state index contributed by atoms with van der Waals surface area (Å²) in [5, 5.41) is 16.6. The molecule has 0 amide bonds. The Kier molecular flexibility index (Phi) is 2.71. The van der Waals surface area contributed by atoms with Crippen molar-refractivity contribution in [2.24, 2.45) is 0 Å². The SMILES string of the molecule is N#Cc1ccc(Nn2cnnc2)cc1-c1ccc[nH]1. The van der Waals surface area contributed by atoms with Crippen molar-refractivity contribution in [1.82, 2.24) is 19.9 Å². The van der Waals surface area contributed by atoms with E-state index in [1.807, 2.05) is 30.5 Å². The van der Waals surface area contributed by atoms with Gasteiger partial charge < -0.3 is 4.98 Å². The first-order chi connectivity index (χ1) is 9.36. The van der Waals surface area contributed by atoms with Gasteiger partial charge in [-0.2, -0.15) is 5.26 Å². The summed E-state index contributed by atoms with van der Waals surface area (Å²) in [5.41, 5.74) is 6.34. The Morgan fingerprint density at radius 1 is 1.21 bits per heavy atom. The largest absolute Gasteiger partial charge is 0.361 e. The standard InChI is InChI=1S/C13H10N6/c14-7-10-3-4-11(18-19-8-16-17-9-19)6-12(10)13-2-1-5-15-13/h1-6,8-9,15,18H. The van der Waals surface area contributed by atoms with Crippen LogP contribution in [-0.4, -0.2) is 19.9 Å². The van der Waals surface area contributed by atoms with Crippen LogP contribution in [-0.2, 0) is 0 Å². The number of aromatic nitrogens is 4. The van der Waals surface area contributed by atoms with Crippen LogP contribution in [0.2, 0.25) is 0 Å². The van der Waals surface area contributed by atoms with Gasteiger partial charge in [-0.3, -0.25) is 5.43 Å². The molecular formula is C13H10N6. The lowest BCUT2D eigenvalue weighted by Crippen LogP contribution is -2.06. The third kappa shape index (κ3) is 2.17. The van der Waals surface area contributed by atoms with E-state index in [-0.39, 0.29) is 0 Å². The van der Waals surface area contributed by atoms with E-state index in [1.165, 1.54) is 0 Å². The van der Waals surface area contributed by atoms with Crippen LogP contribution in [0.5, 0.6) is 0 Å². The second-order valence-electron chi connectivity index (χ2n) is 3.94. The first-order valence-electron chi connectivity index (χ1n) is 5.66. The molecule has 6 nitrogen and oxygen atoms in total. The molecule has 19 heavy (non-hydrogen) atoms. The summed E-state index contributed by atoms with van der Waals surface area (Å²) in [6.45, 7) is 0. The molecule has 0 spiro atoms. The number of hydrogen-bond donors (Lipinski definition) is 2. The molecule has 0 aliphatic heterocycles. The summed E-state index contributed by atoms with van der Waals surface area (Å²) < 4.78 is 1.64. The molecule has 3 aromatic rings. The minimum Gasteiger partial charge on any atom is -0.361 e. The number of nitrogens with one attached hydrogen (secondary N) is 2. The van der Waals surface area contributed by atoms with Gasteiger partial charge in [-0.05, 0) is 30.3 Å². The number of rotatable bonds is 3. The highest BCUT2D eigenvalue weighted by atomic mass is 15.5. The molecule has 2 aromatic heterocycles. The van der Waals surface area contributed by atoms with Gasteiger partial charge in [-0.15, -0.1) is 10.2 Å². The van der Waals surface area contributed by atoms with Crippen molar-refractivity contribution >= 4 is 5.69 Å². The number of hydrogen-bond acceptors (Lipinski definition) is 4. The predicted molar refractivity (Wildman–Crippen MR) is 70.0 cm³/mol. The number of benzene rings is 1. The van der Waals surface area contributed by atoms with E-state index >= 15 is 0 Å². The van der Waals surface area contributed by atoms with E-state index in [0.29, 0.717) is 5.56 Å². The van der Waals surface area contributed by atoms with Gasteiger partial charge in [-0.25, -0.2) is 4.68 Å². The van der Waals surface area contributed by atoms with Crippen molar-refractivity contribution in [3.05, 3.63) is 54.7 Å². The molecule has 0 aliphatic carbocycles. The highest BCUT2D eigenvalue weighted by molar-refractivity contribution is 5.72. The summed E-state index contributed by atoms with van der Waals surface area (Å²) in [5.74, 6) is 0. The van der Waals surface area contributed by atoms with Crippen molar-refractivity contribution < 1.29 is 0 Å². The van der Waals surface area contributed by atoms with Gasteiger partial charge in [0.15, 0.2) is 0 Å². The summed E-state index contributed by atoms with van der Waals surface area (Å²) >= 11 is 0. The Labute approximate surface area is 109 Å². The Morgan fingerprint density at radius 3 is 2.74 bits per heavy atom. The zero-order valence-electron chi connectivity index (χ0n) is 9.91. The average molecular weight is 250 g/mol. The minimum atomic E-state index is 0.622. The molecule has 92 valence electrons. The number of anilines is 1. The molecule has 0 unspecified atom stereocenters. The second kappa shape index (κ2) is 4.66. The molecule has 0 aliphatic rings. The van der Waals surface area contributed by atoms with Gasteiger partial charge in [0.05, 0.1) is 17.3 Å².